The van der Waals surface area contributed by atoms with Crippen molar-refractivity contribution < 1.29 is 0 Å². The summed E-state index contributed by atoms with van der Waals surface area (Å²) in [4.78, 5) is 2.36. The van der Waals surface area contributed by atoms with Crippen molar-refractivity contribution in [3.05, 3.63) is 237 Å². The summed E-state index contributed by atoms with van der Waals surface area (Å²) in [5.74, 6) is 0. The first-order chi connectivity index (χ1) is 29.2. The van der Waals surface area contributed by atoms with E-state index in [0.29, 0.717) is 0 Å². The molecular weight excluding hydrogens is 711 g/mol. The Kier molecular flexibility index (Phi) is 8.56. The number of nitrogens with zero attached hydrogens (tertiary/aromatic N) is 1. The van der Waals surface area contributed by atoms with Gasteiger partial charge in [-0.3, -0.25) is 0 Å². The number of fused-ring (bicyclic) bond motifs is 6. The van der Waals surface area contributed by atoms with E-state index in [1.807, 2.05) is 0 Å². The van der Waals surface area contributed by atoms with Crippen molar-refractivity contribution in [1.82, 2.24) is 0 Å². The number of rotatable bonds is 7. The van der Waals surface area contributed by atoms with E-state index in [4.69, 9.17) is 0 Å². The molecule has 0 aliphatic carbocycles. The summed E-state index contributed by atoms with van der Waals surface area (Å²) in [5.41, 5.74) is 13.0. The fourth-order valence-electron chi connectivity index (χ4n) is 8.93. The lowest BCUT2D eigenvalue weighted by Gasteiger charge is -2.26. The van der Waals surface area contributed by atoms with E-state index in [2.05, 4.69) is 241 Å². The van der Waals surface area contributed by atoms with E-state index in [9.17, 15) is 0 Å². The SMILES string of the molecule is c1ccc(-c2ccc(N(c3ccc(-c4cccc(-c5cc6ccccc6c6ccccc56)c4)cc3)c3ccc(-c4cc5ccccc5c5ccccc45)cc3)cc2)cc1. The highest BCUT2D eigenvalue weighted by atomic mass is 15.1. The van der Waals surface area contributed by atoms with Crippen molar-refractivity contribution >= 4 is 60.2 Å². The average Bonchev–Trinajstić information content (AvgIpc) is 3.32. The molecule has 0 heterocycles. The lowest BCUT2D eigenvalue weighted by atomic mass is 9.92. The molecule has 1 heteroatoms. The van der Waals surface area contributed by atoms with Crippen molar-refractivity contribution in [2.75, 3.05) is 4.90 Å². The van der Waals surface area contributed by atoms with Crippen LogP contribution in [0.5, 0.6) is 0 Å². The van der Waals surface area contributed by atoms with Crippen LogP contribution < -0.4 is 4.90 Å². The van der Waals surface area contributed by atoms with Gasteiger partial charge in [0, 0.05) is 17.1 Å². The molecule has 11 rings (SSSR count). The summed E-state index contributed by atoms with van der Waals surface area (Å²) in [6, 6.07) is 86.1. The summed E-state index contributed by atoms with van der Waals surface area (Å²) in [6.45, 7) is 0. The predicted octanol–water partition coefficient (Wildman–Crippen LogP) is 16.4. The van der Waals surface area contributed by atoms with Crippen molar-refractivity contribution in [3.8, 4) is 44.5 Å². The summed E-state index contributed by atoms with van der Waals surface area (Å²) in [6.07, 6.45) is 0. The minimum Gasteiger partial charge on any atom is -0.311 e. The second kappa shape index (κ2) is 14.6. The maximum Gasteiger partial charge on any atom is 0.0462 e. The number of hydrogen-bond donors (Lipinski definition) is 0. The summed E-state index contributed by atoms with van der Waals surface area (Å²) in [5, 5.41) is 10.2. The first-order valence-corrected chi connectivity index (χ1v) is 20.3. The van der Waals surface area contributed by atoms with Crippen LogP contribution in [0.25, 0.3) is 87.6 Å². The van der Waals surface area contributed by atoms with Crippen LogP contribution in [0.15, 0.2) is 237 Å². The Morgan fingerprint density at radius 3 is 1.08 bits per heavy atom. The Balaban J connectivity index is 0.978. The van der Waals surface area contributed by atoms with Gasteiger partial charge < -0.3 is 4.90 Å². The van der Waals surface area contributed by atoms with Crippen LogP contribution in [0.1, 0.15) is 0 Å². The lowest BCUT2D eigenvalue weighted by molar-refractivity contribution is 1.28. The van der Waals surface area contributed by atoms with Gasteiger partial charge in [0.05, 0.1) is 0 Å². The molecule has 0 unspecified atom stereocenters. The second-order valence-electron chi connectivity index (χ2n) is 15.3. The van der Waals surface area contributed by atoms with E-state index in [-0.39, 0.29) is 0 Å². The molecule has 0 atom stereocenters. The van der Waals surface area contributed by atoms with Crippen molar-refractivity contribution in [2.24, 2.45) is 0 Å². The third-order valence-corrected chi connectivity index (χ3v) is 11.8. The van der Waals surface area contributed by atoms with Gasteiger partial charge in [-0.1, -0.05) is 182 Å². The van der Waals surface area contributed by atoms with Crippen LogP contribution in [-0.4, -0.2) is 0 Å². The molecule has 276 valence electrons. The third-order valence-electron chi connectivity index (χ3n) is 11.8. The Labute approximate surface area is 344 Å². The smallest absolute Gasteiger partial charge is 0.0462 e. The summed E-state index contributed by atoms with van der Waals surface area (Å²) in [7, 11) is 0. The molecule has 0 aromatic heterocycles. The average molecular weight is 750 g/mol. The van der Waals surface area contributed by atoms with Gasteiger partial charge in [-0.15, -0.1) is 0 Å². The van der Waals surface area contributed by atoms with E-state index < -0.39 is 0 Å². The minimum absolute atomic E-state index is 1.10. The van der Waals surface area contributed by atoms with E-state index in [0.717, 1.165) is 17.1 Å². The van der Waals surface area contributed by atoms with Gasteiger partial charge in [-0.25, -0.2) is 0 Å². The van der Waals surface area contributed by atoms with Gasteiger partial charge >= 0.3 is 0 Å². The first kappa shape index (κ1) is 34.5. The molecule has 1 nitrogen and oxygen atoms in total. The zero-order chi connectivity index (χ0) is 39.1. The molecular formula is C58H39N. The number of hydrogen-bond acceptors (Lipinski definition) is 1. The lowest BCUT2D eigenvalue weighted by Crippen LogP contribution is -2.09. The van der Waals surface area contributed by atoms with Crippen molar-refractivity contribution in [3.63, 3.8) is 0 Å². The molecule has 0 bridgehead atoms. The van der Waals surface area contributed by atoms with Crippen LogP contribution >= 0.6 is 0 Å². The van der Waals surface area contributed by atoms with Gasteiger partial charge in [-0.05, 0) is 142 Å². The molecule has 11 aromatic carbocycles. The Morgan fingerprint density at radius 2 is 0.559 bits per heavy atom. The molecule has 0 fully saturated rings. The summed E-state index contributed by atoms with van der Waals surface area (Å²) >= 11 is 0. The van der Waals surface area contributed by atoms with Gasteiger partial charge in [0.25, 0.3) is 0 Å². The molecule has 0 N–H and O–H groups in total. The highest BCUT2D eigenvalue weighted by molar-refractivity contribution is 6.15. The molecule has 0 saturated carbocycles. The van der Waals surface area contributed by atoms with E-state index in [1.165, 1.54) is 87.6 Å². The fraction of sp³-hybridized carbons (Fsp3) is 0. The van der Waals surface area contributed by atoms with Crippen LogP contribution in [0.4, 0.5) is 17.1 Å². The van der Waals surface area contributed by atoms with E-state index >= 15 is 0 Å². The highest BCUT2D eigenvalue weighted by Crippen LogP contribution is 2.41. The van der Waals surface area contributed by atoms with Crippen LogP contribution in [-0.2, 0) is 0 Å². The molecule has 0 radical (unpaired) electrons. The maximum atomic E-state index is 2.36. The molecule has 0 spiro atoms. The van der Waals surface area contributed by atoms with Crippen LogP contribution in [0.2, 0.25) is 0 Å². The minimum atomic E-state index is 1.10. The predicted molar refractivity (Wildman–Crippen MR) is 253 cm³/mol. The standard InChI is InChI=1S/C58H39N/c1-2-13-40(14-3-1)41-25-31-48(32-26-41)59(50-35-29-43(30-36-50)57-38-46-15-4-6-19-51(46)53-21-8-10-23-55(53)57)49-33-27-42(28-34-49)44-17-12-18-45(37-44)58-39-47-16-5-7-20-52(47)54-22-9-11-24-56(54)58/h1-39H. The molecule has 0 amide bonds. The van der Waals surface area contributed by atoms with Gasteiger partial charge in [-0.2, -0.15) is 0 Å². The maximum absolute atomic E-state index is 2.36. The van der Waals surface area contributed by atoms with Crippen LogP contribution in [0, 0.1) is 0 Å². The van der Waals surface area contributed by atoms with Gasteiger partial charge in [0.15, 0.2) is 0 Å². The fourth-order valence-corrected chi connectivity index (χ4v) is 8.93. The number of anilines is 3. The zero-order valence-corrected chi connectivity index (χ0v) is 32.5. The molecule has 0 aliphatic rings. The topological polar surface area (TPSA) is 3.24 Å². The van der Waals surface area contributed by atoms with Gasteiger partial charge in [0.2, 0.25) is 0 Å². The number of benzene rings is 11. The first-order valence-electron chi connectivity index (χ1n) is 20.3. The van der Waals surface area contributed by atoms with E-state index in [1.54, 1.807) is 0 Å². The monoisotopic (exact) mass is 749 g/mol. The van der Waals surface area contributed by atoms with Crippen molar-refractivity contribution in [2.45, 2.75) is 0 Å². The molecule has 59 heavy (non-hydrogen) atoms. The zero-order valence-electron chi connectivity index (χ0n) is 32.5. The Bertz CT molecular complexity index is 3290. The van der Waals surface area contributed by atoms with Gasteiger partial charge in [0.1, 0.15) is 0 Å². The third kappa shape index (κ3) is 6.30. The molecule has 11 aromatic rings. The highest BCUT2D eigenvalue weighted by Gasteiger charge is 2.16. The van der Waals surface area contributed by atoms with Crippen LogP contribution in [0.3, 0.4) is 0 Å². The normalized spacial score (nSPS) is 11.4. The Hall–Kier alpha value is -7.74. The largest absolute Gasteiger partial charge is 0.311 e. The second-order valence-corrected chi connectivity index (χ2v) is 15.3. The van der Waals surface area contributed by atoms with Crippen molar-refractivity contribution in [1.29, 1.82) is 0 Å². The molecule has 0 aliphatic heterocycles. The Morgan fingerprint density at radius 1 is 0.203 bits per heavy atom. The molecule has 0 saturated heterocycles. The summed E-state index contributed by atoms with van der Waals surface area (Å²) < 4.78 is 0. The quantitative estimate of drug-likeness (QED) is 0.147.